The van der Waals surface area contributed by atoms with Gasteiger partial charge in [0, 0.05) is 12.3 Å². The van der Waals surface area contributed by atoms with Gasteiger partial charge in [-0.05, 0) is 0 Å². The second kappa shape index (κ2) is 2.49. The summed E-state index contributed by atoms with van der Waals surface area (Å²) in [5, 5.41) is 7.15. The highest BCUT2D eigenvalue weighted by molar-refractivity contribution is 5.26. The van der Waals surface area contributed by atoms with Crippen LogP contribution < -0.4 is 0 Å². The van der Waals surface area contributed by atoms with Crippen LogP contribution in [0.15, 0.2) is 4.63 Å². The first-order chi connectivity index (χ1) is 6.02. The number of nitrogens with zero attached hydrogens (tertiary/aromatic N) is 2. The van der Waals surface area contributed by atoms with E-state index in [1.54, 1.807) is 0 Å². The Labute approximate surface area is 74.1 Å². The molecule has 1 fully saturated rings. The van der Waals surface area contributed by atoms with E-state index < -0.39 is 11.8 Å². The van der Waals surface area contributed by atoms with E-state index in [0.717, 1.165) is 0 Å². The van der Waals surface area contributed by atoms with E-state index in [2.05, 4.69) is 14.9 Å². The summed E-state index contributed by atoms with van der Waals surface area (Å²) in [4.78, 5) is 0. The van der Waals surface area contributed by atoms with Crippen molar-refractivity contribution in [2.75, 3.05) is 0 Å². The molecule has 0 bridgehead atoms. The quantitative estimate of drug-likeness (QED) is 0.714. The van der Waals surface area contributed by atoms with Gasteiger partial charge < -0.3 is 0 Å². The van der Waals surface area contributed by atoms with E-state index >= 15 is 0 Å². The molecule has 1 atom stereocenters. The maximum Gasteiger partial charge on any atom is 0.257 e. The van der Waals surface area contributed by atoms with E-state index in [9.17, 15) is 8.78 Å². The zero-order chi connectivity index (χ0) is 9.64. The maximum atomic E-state index is 12.7. The van der Waals surface area contributed by atoms with Gasteiger partial charge in [0.25, 0.3) is 5.92 Å². The molecule has 0 aliphatic heterocycles. The van der Waals surface area contributed by atoms with Crippen LogP contribution in [0, 0.1) is 0 Å². The molecule has 0 N–H and O–H groups in total. The molecule has 1 unspecified atom stereocenters. The molecule has 72 valence electrons. The minimum Gasteiger partial charge on any atom is -0.244 e. The molecule has 3 nitrogen and oxygen atoms in total. The number of hydrogen-bond acceptors (Lipinski definition) is 3. The number of alkyl halides is 2. The molecule has 0 saturated heterocycles. The molecule has 2 rings (SSSR count). The van der Waals surface area contributed by atoms with Crippen LogP contribution in [0.1, 0.15) is 43.5 Å². The Morgan fingerprint density at radius 3 is 2.54 bits per heavy atom. The fourth-order valence-corrected chi connectivity index (χ4v) is 1.36. The van der Waals surface area contributed by atoms with E-state index in [-0.39, 0.29) is 12.3 Å². The van der Waals surface area contributed by atoms with Crippen LogP contribution in [0.3, 0.4) is 0 Å². The summed E-state index contributed by atoms with van der Waals surface area (Å²) in [5.74, 6) is -3.28. The molecule has 0 aromatic carbocycles. The van der Waals surface area contributed by atoms with Crippen molar-refractivity contribution < 1.29 is 13.4 Å². The topological polar surface area (TPSA) is 38.9 Å². The number of rotatable bonds is 2. The SMILES string of the molecule is CC(C)c1nonc1C1CC1(F)F. The van der Waals surface area contributed by atoms with Crippen LogP contribution in [0.5, 0.6) is 0 Å². The highest BCUT2D eigenvalue weighted by atomic mass is 19.3. The van der Waals surface area contributed by atoms with Gasteiger partial charge in [-0.2, -0.15) is 0 Å². The highest BCUT2D eigenvalue weighted by Gasteiger charge is 2.60. The predicted octanol–water partition coefficient (Wildman–Crippen LogP) is 2.32. The van der Waals surface area contributed by atoms with Crippen LogP contribution in [0.4, 0.5) is 8.78 Å². The van der Waals surface area contributed by atoms with Gasteiger partial charge in [-0.25, -0.2) is 13.4 Å². The molecule has 1 aromatic heterocycles. The van der Waals surface area contributed by atoms with Crippen LogP contribution in [-0.2, 0) is 0 Å². The molecule has 0 radical (unpaired) electrons. The molecule has 0 spiro atoms. The minimum absolute atomic E-state index is 0.0812. The first kappa shape index (κ1) is 8.59. The van der Waals surface area contributed by atoms with E-state index in [1.807, 2.05) is 13.8 Å². The van der Waals surface area contributed by atoms with Gasteiger partial charge >= 0.3 is 0 Å². The molecule has 1 aromatic rings. The Bertz CT molecular complexity index is 322. The third-order valence-electron chi connectivity index (χ3n) is 2.24. The monoisotopic (exact) mass is 188 g/mol. The van der Waals surface area contributed by atoms with Crippen LogP contribution >= 0.6 is 0 Å². The number of aromatic nitrogens is 2. The number of halogens is 2. The van der Waals surface area contributed by atoms with Crippen molar-refractivity contribution in [1.82, 2.24) is 10.3 Å². The van der Waals surface area contributed by atoms with Crippen molar-refractivity contribution in [2.45, 2.75) is 38.0 Å². The average molecular weight is 188 g/mol. The van der Waals surface area contributed by atoms with Gasteiger partial charge in [-0.15, -0.1) is 0 Å². The summed E-state index contributed by atoms with van der Waals surface area (Å²) < 4.78 is 29.9. The molecule has 1 heterocycles. The van der Waals surface area contributed by atoms with Gasteiger partial charge in [0.1, 0.15) is 11.4 Å². The van der Waals surface area contributed by atoms with Crippen molar-refractivity contribution in [3.05, 3.63) is 11.4 Å². The molecule has 0 amide bonds. The highest BCUT2D eigenvalue weighted by Crippen LogP contribution is 2.56. The third-order valence-corrected chi connectivity index (χ3v) is 2.24. The lowest BCUT2D eigenvalue weighted by molar-refractivity contribution is 0.110. The molecule has 5 heteroatoms. The van der Waals surface area contributed by atoms with Crippen LogP contribution in [-0.4, -0.2) is 16.2 Å². The molecular formula is C8H10F2N2O. The Kier molecular flexibility index (Phi) is 1.65. The zero-order valence-electron chi connectivity index (χ0n) is 7.42. The first-order valence-electron chi connectivity index (χ1n) is 4.22. The standard InChI is InChI=1S/C8H10F2N2O/c1-4(2)6-7(12-13-11-6)5-3-8(5,9)10/h4-5H,3H2,1-2H3. The average Bonchev–Trinajstić information content (AvgIpc) is 2.49. The Morgan fingerprint density at radius 2 is 2.08 bits per heavy atom. The lowest BCUT2D eigenvalue weighted by Gasteiger charge is -1.99. The molecule has 1 aliphatic rings. The number of hydrogen-bond donors (Lipinski definition) is 0. The van der Waals surface area contributed by atoms with Crippen LogP contribution in [0.25, 0.3) is 0 Å². The smallest absolute Gasteiger partial charge is 0.244 e. The van der Waals surface area contributed by atoms with Gasteiger partial charge in [-0.1, -0.05) is 24.2 Å². The van der Waals surface area contributed by atoms with Gasteiger partial charge in [0.15, 0.2) is 0 Å². The van der Waals surface area contributed by atoms with Gasteiger partial charge in [-0.3, -0.25) is 0 Å². The lowest BCUT2D eigenvalue weighted by atomic mass is 10.1. The largest absolute Gasteiger partial charge is 0.257 e. The van der Waals surface area contributed by atoms with Crippen molar-refractivity contribution >= 4 is 0 Å². The Hall–Kier alpha value is -1.00. The third kappa shape index (κ3) is 1.32. The summed E-state index contributed by atoms with van der Waals surface area (Å²) in [6.07, 6.45) is -0.124. The second-order valence-electron chi connectivity index (χ2n) is 3.71. The van der Waals surface area contributed by atoms with Gasteiger partial charge in [0.2, 0.25) is 0 Å². The zero-order valence-corrected chi connectivity index (χ0v) is 7.42. The normalized spacial score (nSPS) is 25.2. The van der Waals surface area contributed by atoms with Crippen molar-refractivity contribution in [1.29, 1.82) is 0 Å². The van der Waals surface area contributed by atoms with E-state index in [0.29, 0.717) is 11.4 Å². The summed E-state index contributed by atoms with van der Waals surface area (Å²) in [6.45, 7) is 3.76. The summed E-state index contributed by atoms with van der Waals surface area (Å²) in [6, 6.07) is 0. The first-order valence-corrected chi connectivity index (χ1v) is 4.22. The van der Waals surface area contributed by atoms with E-state index in [4.69, 9.17) is 0 Å². The minimum atomic E-state index is -2.60. The van der Waals surface area contributed by atoms with Crippen molar-refractivity contribution in [3.8, 4) is 0 Å². The molecule has 1 saturated carbocycles. The molecule has 13 heavy (non-hydrogen) atoms. The lowest BCUT2D eigenvalue weighted by Crippen LogP contribution is -1.99. The van der Waals surface area contributed by atoms with Gasteiger partial charge in [0.05, 0.1) is 5.92 Å². The summed E-state index contributed by atoms with van der Waals surface area (Å²) in [7, 11) is 0. The summed E-state index contributed by atoms with van der Waals surface area (Å²) in [5.41, 5.74) is 0.891. The maximum absolute atomic E-state index is 12.7. The molecular weight excluding hydrogens is 178 g/mol. The van der Waals surface area contributed by atoms with Crippen molar-refractivity contribution in [3.63, 3.8) is 0 Å². The second-order valence-corrected chi connectivity index (χ2v) is 3.71. The molecule has 1 aliphatic carbocycles. The fraction of sp³-hybridized carbons (Fsp3) is 0.750. The fourth-order valence-electron chi connectivity index (χ4n) is 1.36. The predicted molar refractivity (Wildman–Crippen MR) is 40.7 cm³/mol. The Morgan fingerprint density at radius 1 is 1.46 bits per heavy atom. The van der Waals surface area contributed by atoms with Crippen LogP contribution in [0.2, 0.25) is 0 Å². The van der Waals surface area contributed by atoms with Crippen molar-refractivity contribution in [2.24, 2.45) is 0 Å². The Balaban J connectivity index is 2.27. The summed E-state index contributed by atoms with van der Waals surface area (Å²) >= 11 is 0. The van der Waals surface area contributed by atoms with E-state index in [1.165, 1.54) is 0 Å².